The predicted molar refractivity (Wildman–Crippen MR) is 75.1 cm³/mol. The second kappa shape index (κ2) is 5.07. The van der Waals surface area contributed by atoms with Gasteiger partial charge in [-0.05, 0) is 25.0 Å². The second-order valence-electron chi connectivity index (χ2n) is 5.25. The molecule has 0 saturated heterocycles. The van der Waals surface area contributed by atoms with E-state index in [-0.39, 0.29) is 11.6 Å². The lowest BCUT2D eigenvalue weighted by Gasteiger charge is -2.26. The van der Waals surface area contributed by atoms with E-state index < -0.39 is 11.4 Å². The molecule has 1 N–H and O–H groups in total. The standard InChI is InChI=1S/C15H16N2O3/c18-13-11-7-4-8-16-14(11)17(9-12(13)15(19)20)10-5-2-1-3-6-10/h4,7-10H,1-3,5-6H2,(H,19,20). The Morgan fingerprint density at radius 2 is 2.05 bits per heavy atom. The number of carboxylic acids is 1. The monoisotopic (exact) mass is 272 g/mol. The Bertz CT molecular complexity index is 715. The van der Waals surface area contributed by atoms with Gasteiger partial charge in [0, 0.05) is 18.4 Å². The lowest BCUT2D eigenvalue weighted by Crippen LogP contribution is -2.22. The summed E-state index contributed by atoms with van der Waals surface area (Å²) in [7, 11) is 0. The van der Waals surface area contributed by atoms with Crippen molar-refractivity contribution in [3.05, 3.63) is 40.3 Å². The van der Waals surface area contributed by atoms with Crippen molar-refractivity contribution in [2.24, 2.45) is 0 Å². The molecule has 5 nitrogen and oxygen atoms in total. The van der Waals surface area contributed by atoms with Crippen LogP contribution < -0.4 is 5.43 Å². The van der Waals surface area contributed by atoms with Crippen molar-refractivity contribution in [3.63, 3.8) is 0 Å². The van der Waals surface area contributed by atoms with Crippen LogP contribution in [0.2, 0.25) is 0 Å². The number of nitrogens with zero attached hydrogens (tertiary/aromatic N) is 2. The molecule has 0 spiro atoms. The SMILES string of the molecule is O=C(O)c1cn(C2CCCCC2)c2ncccc2c1=O. The molecule has 0 radical (unpaired) electrons. The minimum Gasteiger partial charge on any atom is -0.477 e. The summed E-state index contributed by atoms with van der Waals surface area (Å²) in [6, 6.07) is 3.55. The largest absolute Gasteiger partial charge is 0.477 e. The Labute approximate surface area is 115 Å². The normalized spacial score (nSPS) is 16.4. The first-order chi connectivity index (χ1) is 9.68. The number of hydrogen-bond acceptors (Lipinski definition) is 3. The van der Waals surface area contributed by atoms with Gasteiger partial charge in [-0.3, -0.25) is 4.79 Å². The highest BCUT2D eigenvalue weighted by atomic mass is 16.4. The molecule has 20 heavy (non-hydrogen) atoms. The fourth-order valence-corrected chi connectivity index (χ4v) is 2.97. The molecule has 3 rings (SSSR count). The van der Waals surface area contributed by atoms with E-state index in [1.807, 2.05) is 4.57 Å². The van der Waals surface area contributed by atoms with E-state index in [4.69, 9.17) is 0 Å². The van der Waals surface area contributed by atoms with Gasteiger partial charge in [-0.1, -0.05) is 19.3 Å². The lowest BCUT2D eigenvalue weighted by atomic mass is 9.95. The zero-order valence-corrected chi connectivity index (χ0v) is 11.1. The van der Waals surface area contributed by atoms with E-state index in [1.165, 1.54) is 12.6 Å². The van der Waals surface area contributed by atoms with Gasteiger partial charge in [0.1, 0.15) is 11.2 Å². The fraction of sp³-hybridized carbons (Fsp3) is 0.400. The maximum atomic E-state index is 12.2. The fourth-order valence-electron chi connectivity index (χ4n) is 2.97. The Morgan fingerprint density at radius 1 is 1.30 bits per heavy atom. The number of carbonyl (C=O) groups is 1. The van der Waals surface area contributed by atoms with E-state index in [0.717, 1.165) is 25.7 Å². The first kappa shape index (κ1) is 12.8. The Balaban J connectivity index is 2.26. The van der Waals surface area contributed by atoms with Crippen molar-refractivity contribution in [3.8, 4) is 0 Å². The van der Waals surface area contributed by atoms with Gasteiger partial charge < -0.3 is 9.67 Å². The number of aromatic nitrogens is 2. The third-order valence-electron chi connectivity index (χ3n) is 3.99. The number of fused-ring (bicyclic) bond motifs is 1. The van der Waals surface area contributed by atoms with Crippen molar-refractivity contribution in [1.29, 1.82) is 0 Å². The number of rotatable bonds is 2. The quantitative estimate of drug-likeness (QED) is 0.912. The Hall–Kier alpha value is -2.17. The lowest BCUT2D eigenvalue weighted by molar-refractivity contribution is 0.0694. The summed E-state index contributed by atoms with van der Waals surface area (Å²) in [5, 5.41) is 9.60. The van der Waals surface area contributed by atoms with Gasteiger partial charge in [0.25, 0.3) is 0 Å². The molecule has 5 heteroatoms. The van der Waals surface area contributed by atoms with Crippen LogP contribution in [0, 0.1) is 0 Å². The number of aromatic carboxylic acids is 1. The van der Waals surface area contributed by atoms with E-state index in [1.54, 1.807) is 18.3 Å². The molecule has 0 aliphatic heterocycles. The number of carboxylic acid groups (broad SMARTS) is 1. The van der Waals surface area contributed by atoms with Crippen LogP contribution >= 0.6 is 0 Å². The summed E-state index contributed by atoms with van der Waals surface area (Å²) in [4.78, 5) is 27.7. The summed E-state index contributed by atoms with van der Waals surface area (Å²) in [5.41, 5.74) is -0.0295. The molecule has 0 aromatic carbocycles. The molecule has 0 amide bonds. The van der Waals surface area contributed by atoms with Gasteiger partial charge in [-0.2, -0.15) is 0 Å². The van der Waals surface area contributed by atoms with Crippen LogP contribution in [0.1, 0.15) is 48.5 Å². The minimum atomic E-state index is -1.18. The molecule has 2 aromatic heterocycles. The third-order valence-corrected chi connectivity index (χ3v) is 3.99. The van der Waals surface area contributed by atoms with Crippen LogP contribution in [0.15, 0.2) is 29.3 Å². The number of hydrogen-bond donors (Lipinski definition) is 1. The smallest absolute Gasteiger partial charge is 0.341 e. The van der Waals surface area contributed by atoms with Crippen LogP contribution in [-0.2, 0) is 0 Å². The summed E-state index contributed by atoms with van der Waals surface area (Å²) in [6.45, 7) is 0. The van der Waals surface area contributed by atoms with Gasteiger partial charge in [0.05, 0.1) is 5.39 Å². The topological polar surface area (TPSA) is 72.2 Å². The van der Waals surface area contributed by atoms with Crippen LogP contribution in [-0.4, -0.2) is 20.6 Å². The van der Waals surface area contributed by atoms with E-state index in [0.29, 0.717) is 11.0 Å². The highest BCUT2D eigenvalue weighted by Gasteiger charge is 2.21. The van der Waals surface area contributed by atoms with Gasteiger partial charge >= 0.3 is 5.97 Å². The summed E-state index contributed by atoms with van der Waals surface area (Å²) < 4.78 is 1.89. The van der Waals surface area contributed by atoms with Crippen molar-refractivity contribution >= 4 is 17.0 Å². The summed E-state index contributed by atoms with van der Waals surface area (Å²) in [6.07, 6.45) is 8.60. The Morgan fingerprint density at radius 3 is 2.75 bits per heavy atom. The maximum Gasteiger partial charge on any atom is 0.341 e. The molecule has 2 aromatic rings. The van der Waals surface area contributed by atoms with E-state index >= 15 is 0 Å². The van der Waals surface area contributed by atoms with Gasteiger partial charge in [-0.15, -0.1) is 0 Å². The molecule has 1 fully saturated rings. The average Bonchev–Trinajstić information content (AvgIpc) is 2.48. The van der Waals surface area contributed by atoms with Crippen molar-refractivity contribution in [2.75, 3.05) is 0 Å². The highest BCUT2D eigenvalue weighted by molar-refractivity contribution is 5.91. The van der Waals surface area contributed by atoms with Crippen molar-refractivity contribution < 1.29 is 9.90 Å². The molecule has 104 valence electrons. The molecule has 0 atom stereocenters. The van der Waals surface area contributed by atoms with Crippen LogP contribution in [0.5, 0.6) is 0 Å². The average molecular weight is 272 g/mol. The van der Waals surface area contributed by atoms with Crippen LogP contribution in [0.4, 0.5) is 0 Å². The van der Waals surface area contributed by atoms with Gasteiger partial charge in [0.15, 0.2) is 0 Å². The molecule has 1 aliphatic carbocycles. The van der Waals surface area contributed by atoms with Crippen molar-refractivity contribution in [2.45, 2.75) is 38.1 Å². The summed E-state index contributed by atoms with van der Waals surface area (Å²) >= 11 is 0. The van der Waals surface area contributed by atoms with Crippen molar-refractivity contribution in [1.82, 2.24) is 9.55 Å². The second-order valence-corrected chi connectivity index (χ2v) is 5.25. The maximum absolute atomic E-state index is 12.2. The predicted octanol–water partition coefficient (Wildman–Crippen LogP) is 2.60. The molecule has 1 saturated carbocycles. The summed E-state index contributed by atoms with van der Waals surface area (Å²) in [5.74, 6) is -1.18. The molecule has 2 heterocycles. The van der Waals surface area contributed by atoms with Gasteiger partial charge in [0.2, 0.25) is 5.43 Å². The zero-order chi connectivity index (χ0) is 14.1. The first-order valence-electron chi connectivity index (χ1n) is 6.91. The molecular formula is C15H16N2O3. The zero-order valence-electron chi connectivity index (χ0n) is 11.1. The first-order valence-corrected chi connectivity index (χ1v) is 6.91. The van der Waals surface area contributed by atoms with Gasteiger partial charge in [-0.25, -0.2) is 9.78 Å². The van der Waals surface area contributed by atoms with Crippen LogP contribution in [0.25, 0.3) is 11.0 Å². The molecule has 1 aliphatic rings. The number of pyridine rings is 2. The molecule has 0 bridgehead atoms. The van der Waals surface area contributed by atoms with E-state index in [2.05, 4.69) is 4.98 Å². The van der Waals surface area contributed by atoms with Crippen LogP contribution in [0.3, 0.4) is 0 Å². The Kier molecular flexibility index (Phi) is 3.26. The third kappa shape index (κ3) is 2.09. The van der Waals surface area contributed by atoms with E-state index in [9.17, 15) is 14.7 Å². The minimum absolute atomic E-state index is 0.170. The molecular weight excluding hydrogens is 256 g/mol. The highest BCUT2D eigenvalue weighted by Crippen LogP contribution is 2.29. The molecule has 0 unspecified atom stereocenters.